The summed E-state index contributed by atoms with van der Waals surface area (Å²) in [5.74, 6) is -1.05. The van der Waals surface area contributed by atoms with E-state index in [1.165, 1.54) is 11.0 Å². The minimum atomic E-state index is -1.05. The Morgan fingerprint density at radius 1 is 1.25 bits per heavy atom. The summed E-state index contributed by atoms with van der Waals surface area (Å²) in [5.41, 5.74) is 0.472. The monoisotopic (exact) mass is 279 g/mol. The molecule has 0 aliphatic rings. The van der Waals surface area contributed by atoms with Crippen molar-refractivity contribution < 1.29 is 14.7 Å². The zero-order valence-corrected chi connectivity index (χ0v) is 12.3. The Hall–Kier alpha value is -2.08. The van der Waals surface area contributed by atoms with Crippen molar-refractivity contribution in [1.29, 1.82) is 0 Å². The van der Waals surface area contributed by atoms with Crippen LogP contribution in [0.1, 0.15) is 17.3 Å². The highest BCUT2D eigenvalue weighted by atomic mass is 16.4. The summed E-state index contributed by atoms with van der Waals surface area (Å²) in [6.45, 7) is 2.61. The minimum absolute atomic E-state index is 0.0306. The van der Waals surface area contributed by atoms with Crippen LogP contribution in [-0.4, -0.2) is 55.7 Å². The van der Waals surface area contributed by atoms with Gasteiger partial charge in [0, 0.05) is 19.6 Å². The van der Waals surface area contributed by atoms with Crippen LogP contribution < -0.4 is 10.2 Å². The Bertz CT molecular complexity index is 488. The summed E-state index contributed by atoms with van der Waals surface area (Å²) in [4.78, 5) is 26.5. The van der Waals surface area contributed by atoms with E-state index >= 15 is 0 Å². The maximum Gasteiger partial charge on any atom is 0.337 e. The third-order valence-electron chi connectivity index (χ3n) is 2.81. The second-order valence-electron chi connectivity index (χ2n) is 4.99. The lowest BCUT2D eigenvalue weighted by atomic mass is 10.1. The minimum Gasteiger partial charge on any atom is -0.478 e. The van der Waals surface area contributed by atoms with Crippen molar-refractivity contribution in [3.8, 4) is 0 Å². The molecule has 0 radical (unpaired) electrons. The molecule has 1 aromatic rings. The van der Waals surface area contributed by atoms with Gasteiger partial charge >= 0.3 is 12.0 Å². The Kier molecular flexibility index (Phi) is 5.52. The first-order valence-corrected chi connectivity index (χ1v) is 6.34. The highest BCUT2D eigenvalue weighted by molar-refractivity contribution is 6.01. The number of carbonyl (C=O) groups is 2. The molecule has 1 unspecified atom stereocenters. The van der Waals surface area contributed by atoms with Gasteiger partial charge in [-0.2, -0.15) is 0 Å². The van der Waals surface area contributed by atoms with Gasteiger partial charge < -0.3 is 15.3 Å². The number of hydrogen-bond acceptors (Lipinski definition) is 3. The number of benzene rings is 1. The van der Waals surface area contributed by atoms with Gasteiger partial charge in [0.15, 0.2) is 0 Å². The number of nitrogens with zero attached hydrogens (tertiary/aromatic N) is 2. The van der Waals surface area contributed by atoms with Gasteiger partial charge in [0.2, 0.25) is 0 Å². The molecule has 0 spiro atoms. The van der Waals surface area contributed by atoms with Gasteiger partial charge in [-0.05, 0) is 33.2 Å². The molecule has 1 atom stereocenters. The van der Waals surface area contributed by atoms with Crippen molar-refractivity contribution >= 4 is 17.7 Å². The Morgan fingerprint density at radius 2 is 1.85 bits per heavy atom. The van der Waals surface area contributed by atoms with Crippen LogP contribution in [0, 0.1) is 0 Å². The highest BCUT2D eigenvalue weighted by Gasteiger charge is 2.19. The largest absolute Gasteiger partial charge is 0.478 e. The van der Waals surface area contributed by atoms with Gasteiger partial charge in [-0.15, -0.1) is 0 Å². The topological polar surface area (TPSA) is 72.9 Å². The molecule has 0 saturated carbocycles. The van der Waals surface area contributed by atoms with E-state index < -0.39 is 5.97 Å². The van der Waals surface area contributed by atoms with E-state index in [4.69, 9.17) is 5.11 Å². The molecule has 6 nitrogen and oxygen atoms in total. The SMILES string of the molecule is CC(CN(C)C)NC(=O)N(C)c1ccccc1C(=O)O. The number of urea groups is 1. The van der Waals surface area contributed by atoms with Crippen molar-refractivity contribution in [1.82, 2.24) is 10.2 Å². The molecule has 1 aromatic carbocycles. The molecule has 0 heterocycles. The highest BCUT2D eigenvalue weighted by Crippen LogP contribution is 2.19. The summed E-state index contributed by atoms with van der Waals surface area (Å²) in [5, 5.41) is 12.0. The Balaban J connectivity index is 2.82. The molecule has 0 bridgehead atoms. The summed E-state index contributed by atoms with van der Waals surface area (Å²) < 4.78 is 0. The van der Waals surface area contributed by atoms with Gasteiger partial charge in [0.25, 0.3) is 0 Å². The van der Waals surface area contributed by atoms with Crippen LogP contribution >= 0.6 is 0 Å². The molecule has 0 aromatic heterocycles. The first-order valence-electron chi connectivity index (χ1n) is 6.34. The third-order valence-corrected chi connectivity index (χ3v) is 2.81. The van der Waals surface area contributed by atoms with E-state index in [2.05, 4.69) is 5.32 Å². The lowest BCUT2D eigenvalue weighted by Crippen LogP contribution is -2.46. The quantitative estimate of drug-likeness (QED) is 0.856. The number of carbonyl (C=O) groups excluding carboxylic acids is 1. The summed E-state index contributed by atoms with van der Waals surface area (Å²) in [6.07, 6.45) is 0. The van der Waals surface area contributed by atoms with Crippen molar-refractivity contribution in [3.05, 3.63) is 29.8 Å². The van der Waals surface area contributed by atoms with Crippen LogP contribution in [0.2, 0.25) is 0 Å². The van der Waals surface area contributed by atoms with E-state index in [0.29, 0.717) is 12.2 Å². The van der Waals surface area contributed by atoms with Crippen LogP contribution in [0.3, 0.4) is 0 Å². The number of amides is 2. The van der Waals surface area contributed by atoms with E-state index in [0.717, 1.165) is 0 Å². The number of aromatic carboxylic acids is 1. The number of rotatable bonds is 5. The van der Waals surface area contributed by atoms with E-state index in [1.54, 1.807) is 25.2 Å². The number of anilines is 1. The predicted octanol–water partition coefficient (Wildman–Crippen LogP) is 1.48. The molecule has 0 aliphatic heterocycles. The molecule has 6 heteroatoms. The van der Waals surface area contributed by atoms with Gasteiger partial charge in [0.1, 0.15) is 0 Å². The van der Waals surface area contributed by atoms with Gasteiger partial charge in [-0.3, -0.25) is 4.90 Å². The van der Waals surface area contributed by atoms with Gasteiger partial charge in [-0.25, -0.2) is 9.59 Å². The molecule has 110 valence electrons. The number of carboxylic acid groups (broad SMARTS) is 1. The fraction of sp³-hybridized carbons (Fsp3) is 0.429. The second-order valence-corrected chi connectivity index (χ2v) is 4.99. The molecular formula is C14H21N3O3. The van der Waals surface area contributed by atoms with Crippen LogP contribution in [0.15, 0.2) is 24.3 Å². The number of carboxylic acids is 1. The molecule has 1 rings (SSSR count). The fourth-order valence-electron chi connectivity index (χ4n) is 1.96. The average molecular weight is 279 g/mol. The van der Waals surface area contributed by atoms with E-state index in [1.807, 2.05) is 25.9 Å². The first-order chi connectivity index (χ1) is 9.32. The number of nitrogens with one attached hydrogen (secondary N) is 1. The third kappa shape index (κ3) is 4.24. The molecule has 2 amide bonds. The zero-order valence-electron chi connectivity index (χ0n) is 12.3. The van der Waals surface area contributed by atoms with Crippen molar-refractivity contribution in [2.24, 2.45) is 0 Å². The lowest BCUT2D eigenvalue weighted by molar-refractivity contribution is 0.0697. The van der Waals surface area contributed by atoms with Crippen LogP contribution in [-0.2, 0) is 0 Å². The average Bonchev–Trinajstić information content (AvgIpc) is 2.36. The molecule has 2 N–H and O–H groups in total. The van der Waals surface area contributed by atoms with Crippen molar-refractivity contribution in [3.63, 3.8) is 0 Å². The summed E-state index contributed by atoms with van der Waals surface area (Å²) >= 11 is 0. The van der Waals surface area contributed by atoms with Gasteiger partial charge in [-0.1, -0.05) is 12.1 Å². The maximum absolute atomic E-state index is 12.1. The fourth-order valence-corrected chi connectivity index (χ4v) is 1.96. The molecule has 0 fully saturated rings. The molecule has 20 heavy (non-hydrogen) atoms. The predicted molar refractivity (Wildman–Crippen MR) is 78.4 cm³/mol. The Labute approximate surface area is 119 Å². The molecular weight excluding hydrogens is 258 g/mol. The van der Waals surface area contributed by atoms with Crippen LogP contribution in [0.5, 0.6) is 0 Å². The zero-order chi connectivity index (χ0) is 15.3. The summed E-state index contributed by atoms with van der Waals surface area (Å²) in [7, 11) is 5.40. The van der Waals surface area contributed by atoms with Gasteiger partial charge in [0.05, 0.1) is 11.3 Å². The normalized spacial score (nSPS) is 12.1. The van der Waals surface area contributed by atoms with E-state index in [-0.39, 0.29) is 17.6 Å². The van der Waals surface area contributed by atoms with Crippen LogP contribution in [0.4, 0.5) is 10.5 Å². The standard InChI is InChI=1S/C14H21N3O3/c1-10(9-16(2)3)15-14(20)17(4)12-8-6-5-7-11(12)13(18)19/h5-8,10H,9H2,1-4H3,(H,15,20)(H,18,19). The Morgan fingerprint density at radius 3 is 2.40 bits per heavy atom. The molecule has 0 saturated heterocycles. The number of hydrogen-bond donors (Lipinski definition) is 2. The van der Waals surface area contributed by atoms with Crippen LogP contribution in [0.25, 0.3) is 0 Å². The smallest absolute Gasteiger partial charge is 0.337 e. The number of likely N-dealkylation sites (N-methyl/N-ethyl adjacent to an activating group) is 1. The maximum atomic E-state index is 12.1. The van der Waals surface area contributed by atoms with Crippen molar-refractivity contribution in [2.75, 3.05) is 32.6 Å². The van der Waals surface area contributed by atoms with E-state index in [9.17, 15) is 9.59 Å². The second kappa shape index (κ2) is 6.91. The summed E-state index contributed by atoms with van der Waals surface area (Å²) in [6, 6.07) is 6.07. The van der Waals surface area contributed by atoms with Crippen molar-refractivity contribution in [2.45, 2.75) is 13.0 Å². The first kappa shape index (κ1) is 16.0. The molecule has 0 aliphatic carbocycles. The number of para-hydroxylation sites is 1. The lowest BCUT2D eigenvalue weighted by Gasteiger charge is -2.24.